The maximum Gasteiger partial charge on any atom is 0.279 e. The molecule has 125 valence electrons. The Morgan fingerprint density at radius 1 is 1.13 bits per heavy atom. The molecule has 1 fully saturated rings. The number of hydrogen-bond donors (Lipinski definition) is 1. The molecule has 3 nitrogen and oxygen atoms in total. The van der Waals surface area contributed by atoms with E-state index in [0.29, 0.717) is 6.54 Å². The molecule has 1 aromatic carbocycles. The molecule has 23 heavy (non-hydrogen) atoms. The Kier molecular flexibility index (Phi) is 8.33. The molecule has 1 saturated heterocycles. The van der Waals surface area contributed by atoms with Crippen molar-refractivity contribution in [1.82, 2.24) is 0 Å². The second kappa shape index (κ2) is 9.24. The SMILES string of the molecule is CC[N+]1(CC(=O)Nc2c(C)cc(F)cc2C)CCCCCC1.[Y]. The van der Waals surface area contributed by atoms with E-state index in [2.05, 4.69) is 12.2 Å². The summed E-state index contributed by atoms with van der Waals surface area (Å²) in [6.45, 7) is 9.54. The zero-order valence-electron chi connectivity index (χ0n) is 14.6. The average molecular weight is 396 g/mol. The molecule has 2 rings (SSSR count). The number of halogens is 1. The molecule has 1 amide bonds. The van der Waals surface area contributed by atoms with Gasteiger partial charge in [0.2, 0.25) is 0 Å². The van der Waals surface area contributed by atoms with Crippen LogP contribution in [0.3, 0.4) is 0 Å². The number of quaternary nitrogens is 1. The van der Waals surface area contributed by atoms with E-state index in [1.807, 2.05) is 13.8 Å². The van der Waals surface area contributed by atoms with Crippen LogP contribution >= 0.6 is 0 Å². The van der Waals surface area contributed by atoms with Gasteiger partial charge in [0.15, 0.2) is 6.54 Å². The smallest absolute Gasteiger partial charge is 0.279 e. The van der Waals surface area contributed by atoms with Gasteiger partial charge in [0.25, 0.3) is 5.91 Å². The molecule has 1 aromatic rings. The van der Waals surface area contributed by atoms with Crippen molar-refractivity contribution < 1.29 is 46.4 Å². The summed E-state index contributed by atoms with van der Waals surface area (Å²) in [4.78, 5) is 12.5. The second-order valence-corrected chi connectivity index (χ2v) is 6.64. The third-order valence-corrected chi connectivity index (χ3v) is 4.93. The standard InChI is InChI=1S/C18H27FN2O.Y/c1-4-21(9-7-5-6-8-10-21)13-17(22)20-18-14(2)11-16(19)12-15(18)3;/h11-12H,4-10,13H2,1-3H3;/p+1. The predicted octanol–water partition coefficient (Wildman–Crippen LogP) is 3.79. The number of carbonyl (C=O) groups excluding carboxylic acids is 1. The molecule has 0 atom stereocenters. The number of aryl methyl sites for hydroxylation is 2. The van der Waals surface area contributed by atoms with Crippen LogP contribution < -0.4 is 5.32 Å². The van der Waals surface area contributed by atoms with Gasteiger partial charge in [-0.15, -0.1) is 0 Å². The molecular formula is C18H28FN2OY+. The van der Waals surface area contributed by atoms with E-state index in [1.54, 1.807) is 0 Å². The van der Waals surface area contributed by atoms with Gasteiger partial charge in [0, 0.05) is 38.4 Å². The Labute approximate surface area is 164 Å². The summed E-state index contributed by atoms with van der Waals surface area (Å²) in [6.07, 6.45) is 4.96. The first-order chi connectivity index (χ1) is 10.5. The van der Waals surface area contributed by atoms with Crippen LogP contribution in [0.1, 0.15) is 43.7 Å². The van der Waals surface area contributed by atoms with Gasteiger partial charge in [-0.25, -0.2) is 4.39 Å². The van der Waals surface area contributed by atoms with E-state index in [4.69, 9.17) is 0 Å². The van der Waals surface area contributed by atoms with Crippen LogP contribution in [0.2, 0.25) is 0 Å². The largest absolute Gasteiger partial charge is 0.321 e. The molecule has 1 aliphatic heterocycles. The first-order valence-corrected chi connectivity index (χ1v) is 8.37. The molecule has 1 N–H and O–H groups in total. The second-order valence-electron chi connectivity index (χ2n) is 6.64. The number of nitrogens with zero attached hydrogens (tertiary/aromatic N) is 1. The van der Waals surface area contributed by atoms with E-state index in [1.165, 1.54) is 37.8 Å². The van der Waals surface area contributed by atoms with Crippen molar-refractivity contribution in [2.24, 2.45) is 0 Å². The third-order valence-electron chi connectivity index (χ3n) is 4.93. The van der Waals surface area contributed by atoms with E-state index < -0.39 is 0 Å². The van der Waals surface area contributed by atoms with Gasteiger partial charge in [0.1, 0.15) is 5.82 Å². The molecule has 1 heterocycles. The number of hydrogen-bond acceptors (Lipinski definition) is 1. The maximum absolute atomic E-state index is 13.4. The molecule has 1 aliphatic rings. The average Bonchev–Trinajstić information content (AvgIpc) is 2.69. The number of likely N-dealkylation sites (tertiary alicyclic amines) is 1. The van der Waals surface area contributed by atoms with E-state index >= 15 is 0 Å². The van der Waals surface area contributed by atoms with Crippen molar-refractivity contribution in [2.75, 3.05) is 31.5 Å². The number of rotatable bonds is 4. The first-order valence-electron chi connectivity index (χ1n) is 8.37. The summed E-state index contributed by atoms with van der Waals surface area (Å²) in [6, 6.07) is 2.94. The van der Waals surface area contributed by atoms with Gasteiger partial charge >= 0.3 is 0 Å². The van der Waals surface area contributed by atoms with Crippen LogP contribution in [-0.4, -0.2) is 36.6 Å². The van der Waals surface area contributed by atoms with E-state index in [9.17, 15) is 9.18 Å². The Morgan fingerprint density at radius 2 is 1.65 bits per heavy atom. The first kappa shape index (κ1) is 20.7. The number of nitrogens with one attached hydrogen (secondary N) is 1. The Morgan fingerprint density at radius 3 is 2.13 bits per heavy atom. The summed E-state index contributed by atoms with van der Waals surface area (Å²) >= 11 is 0. The van der Waals surface area contributed by atoms with E-state index in [0.717, 1.165) is 40.9 Å². The third kappa shape index (κ3) is 5.61. The minimum absolute atomic E-state index is 0. The van der Waals surface area contributed by atoms with Crippen molar-refractivity contribution in [2.45, 2.75) is 46.5 Å². The quantitative estimate of drug-likeness (QED) is 0.771. The zero-order valence-corrected chi connectivity index (χ0v) is 17.5. The van der Waals surface area contributed by atoms with Crippen molar-refractivity contribution in [1.29, 1.82) is 0 Å². The molecular weight excluding hydrogens is 368 g/mol. The Balaban J connectivity index is 0.00000264. The zero-order chi connectivity index (χ0) is 16.2. The number of anilines is 1. The minimum Gasteiger partial charge on any atom is -0.321 e. The fourth-order valence-electron chi connectivity index (χ4n) is 3.54. The topological polar surface area (TPSA) is 29.1 Å². The molecule has 5 heteroatoms. The summed E-state index contributed by atoms with van der Waals surface area (Å²) in [5, 5.41) is 3.01. The number of amides is 1. The van der Waals surface area contributed by atoms with Gasteiger partial charge < -0.3 is 9.80 Å². The molecule has 0 aromatic heterocycles. The van der Waals surface area contributed by atoms with Crippen molar-refractivity contribution in [3.05, 3.63) is 29.1 Å². The maximum atomic E-state index is 13.4. The summed E-state index contributed by atoms with van der Waals surface area (Å²) in [5.74, 6) is -0.209. The molecule has 0 spiro atoms. The number of carbonyl (C=O) groups is 1. The van der Waals surface area contributed by atoms with Crippen molar-refractivity contribution in [3.63, 3.8) is 0 Å². The van der Waals surface area contributed by atoms with Crippen molar-refractivity contribution in [3.8, 4) is 0 Å². The predicted molar refractivity (Wildman–Crippen MR) is 88.4 cm³/mol. The van der Waals surface area contributed by atoms with Gasteiger partial charge in [-0.3, -0.25) is 4.79 Å². The fraction of sp³-hybridized carbons (Fsp3) is 0.611. The monoisotopic (exact) mass is 396 g/mol. The number of likely N-dealkylation sites (N-methyl/N-ethyl adjacent to an activating group) is 1. The van der Waals surface area contributed by atoms with Crippen LogP contribution in [0.5, 0.6) is 0 Å². The van der Waals surface area contributed by atoms with Gasteiger partial charge in [-0.1, -0.05) is 0 Å². The van der Waals surface area contributed by atoms with Crippen molar-refractivity contribution >= 4 is 11.6 Å². The van der Waals surface area contributed by atoms with Gasteiger partial charge in [-0.05, 0) is 69.7 Å². The van der Waals surface area contributed by atoms with Crippen LogP contribution in [0, 0.1) is 19.7 Å². The summed E-state index contributed by atoms with van der Waals surface area (Å²) in [5.41, 5.74) is 2.32. The van der Waals surface area contributed by atoms with Crippen LogP contribution in [0.15, 0.2) is 12.1 Å². The molecule has 0 bridgehead atoms. The van der Waals surface area contributed by atoms with Crippen LogP contribution in [0.4, 0.5) is 10.1 Å². The van der Waals surface area contributed by atoms with Gasteiger partial charge in [0.05, 0.1) is 19.6 Å². The van der Waals surface area contributed by atoms with Crippen LogP contribution in [0.25, 0.3) is 0 Å². The normalized spacial score (nSPS) is 17.0. The number of benzene rings is 1. The van der Waals surface area contributed by atoms with E-state index in [-0.39, 0.29) is 44.4 Å². The Hall–Kier alpha value is -0.316. The molecule has 0 unspecified atom stereocenters. The van der Waals surface area contributed by atoms with Gasteiger partial charge in [-0.2, -0.15) is 0 Å². The molecule has 0 saturated carbocycles. The molecule has 0 aliphatic carbocycles. The molecule has 1 radical (unpaired) electrons. The Bertz CT molecular complexity index is 517. The van der Waals surface area contributed by atoms with Crippen LogP contribution in [-0.2, 0) is 37.5 Å². The summed E-state index contributed by atoms with van der Waals surface area (Å²) in [7, 11) is 0. The minimum atomic E-state index is -0.252. The summed E-state index contributed by atoms with van der Waals surface area (Å²) < 4.78 is 14.2. The fourth-order valence-corrected chi connectivity index (χ4v) is 3.54.